The van der Waals surface area contributed by atoms with Crippen LogP contribution in [0.5, 0.6) is 0 Å². The van der Waals surface area contributed by atoms with Crippen LogP contribution in [0.2, 0.25) is 0 Å². The minimum atomic E-state index is -4.67. The van der Waals surface area contributed by atoms with Gasteiger partial charge in [0.1, 0.15) is 0 Å². The average Bonchev–Trinajstić information content (AvgIpc) is 2.34. The van der Waals surface area contributed by atoms with Crippen LogP contribution in [0.1, 0.15) is 11.7 Å². The van der Waals surface area contributed by atoms with Crippen LogP contribution in [-0.4, -0.2) is 55.1 Å². The zero-order chi connectivity index (χ0) is 16.8. The van der Waals surface area contributed by atoms with E-state index in [-0.39, 0.29) is 11.5 Å². The molecule has 21 heavy (non-hydrogen) atoms. The Balaban J connectivity index is 0.000000690. The second-order valence-electron chi connectivity index (χ2n) is 4.08. The van der Waals surface area contributed by atoms with Gasteiger partial charge in [-0.3, -0.25) is 9.11 Å². The number of benzene rings is 1. The van der Waals surface area contributed by atoms with Crippen LogP contribution < -0.4 is 5.73 Å². The zero-order valence-electron chi connectivity index (χ0n) is 11.0. The van der Waals surface area contributed by atoms with E-state index in [1.165, 1.54) is 24.3 Å². The van der Waals surface area contributed by atoms with E-state index in [0.717, 1.165) is 6.26 Å². The van der Waals surface area contributed by atoms with Crippen LogP contribution >= 0.6 is 0 Å². The molecule has 1 rings (SSSR count). The smallest absolute Gasteiger partial charge is 0.394 e. The van der Waals surface area contributed by atoms with Gasteiger partial charge in [0.05, 0.1) is 23.6 Å². The summed E-state index contributed by atoms with van der Waals surface area (Å²) >= 11 is 0. The summed E-state index contributed by atoms with van der Waals surface area (Å²) < 4.78 is 53.9. The van der Waals surface area contributed by atoms with Crippen LogP contribution in [0.3, 0.4) is 0 Å². The van der Waals surface area contributed by atoms with Crippen molar-refractivity contribution in [1.82, 2.24) is 0 Å². The number of rotatable bonds is 4. The van der Waals surface area contributed by atoms with Crippen molar-refractivity contribution in [2.75, 3.05) is 12.9 Å². The van der Waals surface area contributed by atoms with E-state index in [0.29, 0.717) is 5.56 Å². The van der Waals surface area contributed by atoms with E-state index in [4.69, 9.17) is 28.4 Å². The molecule has 0 aromatic heterocycles. The van der Waals surface area contributed by atoms with E-state index in [1.54, 1.807) is 0 Å². The Morgan fingerprint density at radius 3 is 1.76 bits per heavy atom. The van der Waals surface area contributed by atoms with Gasteiger partial charge < -0.3 is 15.9 Å². The maximum atomic E-state index is 11.2. The van der Waals surface area contributed by atoms with Gasteiger partial charge in [-0.15, -0.1) is 0 Å². The number of aliphatic hydroxyl groups is 2. The summed E-state index contributed by atoms with van der Waals surface area (Å²) in [6.07, 6.45) is 0.108. The molecule has 0 aliphatic rings. The standard InChI is InChI=1S/C10H15NO4S.H2O4S/c1-16(14,15)8-4-2-7(3-5-8)10(13)9(11)6-12;1-5(2,3)4/h2-5,9-10,12-13H,6,11H2,1H3;(H2,1,2,3,4)/t9-,10-;/m0./s1. The lowest BCUT2D eigenvalue weighted by atomic mass is 10.0. The molecule has 122 valence electrons. The molecule has 0 fully saturated rings. The van der Waals surface area contributed by atoms with Crippen LogP contribution in [-0.2, 0) is 20.2 Å². The fourth-order valence-corrected chi connectivity index (χ4v) is 1.89. The number of hydrogen-bond acceptors (Lipinski definition) is 7. The largest absolute Gasteiger partial charge is 0.395 e. The van der Waals surface area contributed by atoms with Gasteiger partial charge in [0.15, 0.2) is 9.84 Å². The van der Waals surface area contributed by atoms with Crippen LogP contribution in [0.4, 0.5) is 0 Å². The molecule has 9 nitrogen and oxygen atoms in total. The van der Waals surface area contributed by atoms with Gasteiger partial charge in [-0.05, 0) is 17.7 Å². The highest BCUT2D eigenvalue weighted by Gasteiger charge is 2.16. The molecule has 0 radical (unpaired) electrons. The van der Waals surface area contributed by atoms with Crippen molar-refractivity contribution in [2.45, 2.75) is 17.0 Å². The van der Waals surface area contributed by atoms with E-state index in [2.05, 4.69) is 0 Å². The number of nitrogens with two attached hydrogens (primary N) is 1. The first-order chi connectivity index (χ1) is 9.36. The maximum absolute atomic E-state index is 11.2. The van der Waals surface area contributed by atoms with E-state index in [9.17, 15) is 13.5 Å². The number of hydrogen-bond donors (Lipinski definition) is 5. The van der Waals surface area contributed by atoms with Gasteiger partial charge in [-0.2, -0.15) is 8.42 Å². The predicted octanol–water partition coefficient (Wildman–Crippen LogP) is -1.21. The van der Waals surface area contributed by atoms with E-state index in [1.807, 2.05) is 0 Å². The van der Waals surface area contributed by atoms with Crippen molar-refractivity contribution in [3.05, 3.63) is 29.8 Å². The molecule has 2 atom stereocenters. The molecule has 0 aliphatic heterocycles. The lowest BCUT2D eigenvalue weighted by Crippen LogP contribution is -2.31. The molecule has 0 heterocycles. The van der Waals surface area contributed by atoms with Crippen molar-refractivity contribution in [1.29, 1.82) is 0 Å². The number of aliphatic hydroxyl groups excluding tert-OH is 2. The molecule has 6 N–H and O–H groups in total. The molecule has 0 unspecified atom stereocenters. The minimum absolute atomic E-state index is 0.181. The number of sulfone groups is 1. The third-order valence-electron chi connectivity index (χ3n) is 2.27. The van der Waals surface area contributed by atoms with Crippen molar-refractivity contribution in [3.63, 3.8) is 0 Å². The van der Waals surface area contributed by atoms with Gasteiger partial charge in [-0.1, -0.05) is 12.1 Å². The quantitative estimate of drug-likeness (QED) is 0.420. The second kappa shape index (κ2) is 7.79. The summed E-state index contributed by atoms with van der Waals surface area (Å²) in [5.41, 5.74) is 5.93. The molecular weight excluding hydrogens is 326 g/mol. The summed E-state index contributed by atoms with van der Waals surface area (Å²) in [6, 6.07) is 4.99. The molecule has 0 saturated heterocycles. The molecule has 0 saturated carbocycles. The fourth-order valence-electron chi connectivity index (χ4n) is 1.26. The first kappa shape index (κ1) is 19.9. The Labute approximate surface area is 122 Å². The molecular formula is C10H17NO8S2. The van der Waals surface area contributed by atoms with Gasteiger partial charge in [0, 0.05) is 6.26 Å². The summed E-state index contributed by atoms with van der Waals surface area (Å²) in [5, 5.41) is 18.4. The Hall–Kier alpha value is -1.08. The summed E-state index contributed by atoms with van der Waals surface area (Å²) in [5.74, 6) is 0. The van der Waals surface area contributed by atoms with E-state index >= 15 is 0 Å². The van der Waals surface area contributed by atoms with Crippen molar-refractivity contribution in [2.24, 2.45) is 5.73 Å². The third-order valence-corrected chi connectivity index (χ3v) is 3.39. The van der Waals surface area contributed by atoms with Crippen molar-refractivity contribution < 1.29 is 36.2 Å². The molecule has 0 spiro atoms. The van der Waals surface area contributed by atoms with Crippen LogP contribution in [0, 0.1) is 0 Å². The minimum Gasteiger partial charge on any atom is -0.395 e. The molecule has 1 aromatic rings. The van der Waals surface area contributed by atoms with Crippen LogP contribution in [0.25, 0.3) is 0 Å². The van der Waals surface area contributed by atoms with E-state index < -0.39 is 32.4 Å². The lowest BCUT2D eigenvalue weighted by Gasteiger charge is -2.16. The summed E-state index contributed by atoms with van der Waals surface area (Å²) in [7, 11) is -7.90. The summed E-state index contributed by atoms with van der Waals surface area (Å²) in [6.45, 7) is -0.338. The first-order valence-corrected chi connectivity index (χ1v) is 8.69. The van der Waals surface area contributed by atoms with Gasteiger partial charge in [0.2, 0.25) is 0 Å². The second-order valence-corrected chi connectivity index (χ2v) is 6.99. The molecule has 0 bridgehead atoms. The topological polar surface area (TPSA) is 175 Å². The molecule has 0 aliphatic carbocycles. The zero-order valence-corrected chi connectivity index (χ0v) is 12.6. The van der Waals surface area contributed by atoms with Crippen molar-refractivity contribution >= 4 is 20.2 Å². The average molecular weight is 343 g/mol. The highest BCUT2D eigenvalue weighted by molar-refractivity contribution is 7.90. The summed E-state index contributed by atoms with van der Waals surface area (Å²) in [4.78, 5) is 0.181. The Bertz CT molecular complexity index is 630. The predicted molar refractivity (Wildman–Crippen MR) is 73.8 cm³/mol. The molecule has 1 aromatic carbocycles. The third kappa shape index (κ3) is 8.72. The highest BCUT2D eigenvalue weighted by Crippen LogP contribution is 2.18. The maximum Gasteiger partial charge on any atom is 0.394 e. The molecule has 11 heteroatoms. The highest BCUT2D eigenvalue weighted by atomic mass is 32.3. The lowest BCUT2D eigenvalue weighted by molar-refractivity contribution is 0.109. The fraction of sp³-hybridized carbons (Fsp3) is 0.400. The normalized spacial score (nSPS) is 14.8. The van der Waals surface area contributed by atoms with Crippen molar-refractivity contribution in [3.8, 4) is 0 Å². The Morgan fingerprint density at radius 2 is 1.48 bits per heavy atom. The SMILES string of the molecule is CS(=O)(=O)c1ccc([C@H](O)[C@@H](N)CO)cc1.O=S(=O)(O)O. The Kier molecular flexibility index (Phi) is 7.39. The van der Waals surface area contributed by atoms with Gasteiger partial charge in [-0.25, -0.2) is 8.42 Å². The first-order valence-electron chi connectivity index (χ1n) is 5.40. The van der Waals surface area contributed by atoms with Gasteiger partial charge >= 0.3 is 10.4 Å². The van der Waals surface area contributed by atoms with Crippen LogP contribution in [0.15, 0.2) is 29.2 Å². The molecule has 0 amide bonds. The monoisotopic (exact) mass is 343 g/mol. The van der Waals surface area contributed by atoms with Gasteiger partial charge in [0.25, 0.3) is 0 Å². The Morgan fingerprint density at radius 1 is 1.10 bits per heavy atom.